The van der Waals surface area contributed by atoms with Gasteiger partial charge in [0.15, 0.2) is 5.92 Å². The monoisotopic (exact) mass is 225 g/mol. The minimum atomic E-state index is -1.10. The van der Waals surface area contributed by atoms with E-state index in [1.807, 2.05) is 0 Å². The highest BCUT2D eigenvalue weighted by molar-refractivity contribution is 6.31. The zero-order valence-electron chi connectivity index (χ0n) is 7.98. The summed E-state index contributed by atoms with van der Waals surface area (Å²) in [5.74, 6) is -1.75. The molecule has 0 amide bonds. The smallest absolute Gasteiger partial charge is 0.329 e. The number of nitrogens with zero attached hydrogens (tertiary/aromatic N) is 3. The number of rotatable bonds is 3. The van der Waals surface area contributed by atoms with Gasteiger partial charge in [-0.25, -0.2) is 9.97 Å². The van der Waals surface area contributed by atoms with Crippen LogP contribution in [0.1, 0.15) is 18.5 Å². The Kier molecular flexibility index (Phi) is 4.01. The lowest BCUT2D eigenvalue weighted by molar-refractivity contribution is -0.143. The number of halogens is 1. The zero-order chi connectivity index (χ0) is 11.3. The molecule has 0 aliphatic heterocycles. The maximum atomic E-state index is 11.4. The van der Waals surface area contributed by atoms with Gasteiger partial charge < -0.3 is 4.74 Å². The first-order valence-electron chi connectivity index (χ1n) is 4.22. The molecule has 0 saturated heterocycles. The molecule has 1 aromatic heterocycles. The molecule has 0 bridgehead atoms. The van der Waals surface area contributed by atoms with Gasteiger partial charge in [0.05, 0.1) is 23.4 Å². The lowest BCUT2D eigenvalue weighted by atomic mass is 10.1. The van der Waals surface area contributed by atoms with Gasteiger partial charge in [-0.2, -0.15) is 5.26 Å². The molecule has 0 N–H and O–H groups in total. The van der Waals surface area contributed by atoms with Crippen molar-refractivity contribution in [3.8, 4) is 6.07 Å². The van der Waals surface area contributed by atoms with E-state index in [0.717, 1.165) is 0 Å². The Hall–Kier alpha value is -1.67. The molecule has 0 radical (unpaired) electrons. The summed E-state index contributed by atoms with van der Waals surface area (Å²) in [5.41, 5.74) is 0.174. The first kappa shape index (κ1) is 11.4. The fourth-order valence-electron chi connectivity index (χ4n) is 0.986. The second-order valence-corrected chi connectivity index (χ2v) is 2.98. The molecular weight excluding hydrogens is 218 g/mol. The van der Waals surface area contributed by atoms with Gasteiger partial charge in [-0.1, -0.05) is 11.6 Å². The number of esters is 1. The highest BCUT2D eigenvalue weighted by Crippen LogP contribution is 2.21. The van der Waals surface area contributed by atoms with Crippen LogP contribution in [-0.2, 0) is 9.53 Å². The largest absolute Gasteiger partial charge is 0.465 e. The van der Waals surface area contributed by atoms with Crippen LogP contribution in [0.2, 0.25) is 5.02 Å². The third kappa shape index (κ3) is 2.64. The van der Waals surface area contributed by atoms with Crippen molar-refractivity contribution in [1.29, 1.82) is 5.26 Å². The third-order valence-electron chi connectivity index (χ3n) is 1.62. The summed E-state index contributed by atoms with van der Waals surface area (Å²) in [6.07, 6.45) is 2.55. The molecule has 0 aliphatic rings. The van der Waals surface area contributed by atoms with E-state index in [2.05, 4.69) is 9.97 Å². The van der Waals surface area contributed by atoms with Crippen molar-refractivity contribution in [3.05, 3.63) is 23.2 Å². The van der Waals surface area contributed by atoms with Crippen LogP contribution in [0.25, 0.3) is 0 Å². The third-order valence-corrected chi connectivity index (χ3v) is 1.91. The maximum absolute atomic E-state index is 11.4. The molecule has 1 heterocycles. The summed E-state index contributed by atoms with van der Waals surface area (Å²) in [5, 5.41) is 9.01. The second kappa shape index (κ2) is 5.27. The molecule has 0 aliphatic carbocycles. The van der Waals surface area contributed by atoms with Crippen molar-refractivity contribution in [2.24, 2.45) is 0 Å². The van der Waals surface area contributed by atoms with E-state index in [0.29, 0.717) is 0 Å². The summed E-state index contributed by atoms with van der Waals surface area (Å²) in [6, 6.07) is 1.79. The van der Waals surface area contributed by atoms with E-state index < -0.39 is 11.9 Å². The Bertz CT molecular complexity index is 403. The van der Waals surface area contributed by atoms with E-state index in [9.17, 15) is 4.79 Å². The Morgan fingerprint density at radius 1 is 1.80 bits per heavy atom. The lowest BCUT2D eigenvalue weighted by Crippen LogP contribution is -2.16. The van der Waals surface area contributed by atoms with Crippen molar-refractivity contribution in [3.63, 3.8) is 0 Å². The predicted octanol–water partition coefficient (Wildman–Crippen LogP) is 1.30. The zero-order valence-corrected chi connectivity index (χ0v) is 8.73. The van der Waals surface area contributed by atoms with Gasteiger partial charge in [0.25, 0.3) is 0 Å². The van der Waals surface area contributed by atoms with Crippen molar-refractivity contribution < 1.29 is 9.53 Å². The average Bonchev–Trinajstić information content (AvgIpc) is 2.22. The molecule has 5 nitrogen and oxygen atoms in total. The molecule has 1 unspecified atom stereocenters. The number of carbonyl (C=O) groups is 1. The Labute approximate surface area is 91.7 Å². The van der Waals surface area contributed by atoms with Gasteiger partial charge in [-0.15, -0.1) is 0 Å². The first-order valence-corrected chi connectivity index (χ1v) is 4.60. The highest BCUT2D eigenvalue weighted by Gasteiger charge is 2.25. The lowest BCUT2D eigenvalue weighted by Gasteiger charge is -2.08. The summed E-state index contributed by atoms with van der Waals surface area (Å²) < 4.78 is 4.72. The highest BCUT2D eigenvalue weighted by atomic mass is 35.5. The Morgan fingerprint density at radius 2 is 2.53 bits per heavy atom. The molecule has 1 aromatic rings. The van der Waals surface area contributed by atoms with Gasteiger partial charge in [0, 0.05) is 6.20 Å². The summed E-state index contributed by atoms with van der Waals surface area (Å²) >= 11 is 5.76. The topological polar surface area (TPSA) is 75.9 Å². The van der Waals surface area contributed by atoms with Crippen molar-refractivity contribution in [2.75, 3.05) is 6.61 Å². The number of hydrogen-bond acceptors (Lipinski definition) is 5. The van der Waals surface area contributed by atoms with Crippen LogP contribution in [0, 0.1) is 11.3 Å². The van der Waals surface area contributed by atoms with Crippen LogP contribution < -0.4 is 0 Å². The predicted molar refractivity (Wildman–Crippen MR) is 52.0 cm³/mol. The van der Waals surface area contributed by atoms with Crippen LogP contribution in [-0.4, -0.2) is 22.5 Å². The fraction of sp³-hybridized carbons (Fsp3) is 0.333. The SMILES string of the molecule is CCOC(=O)C(C#N)c1ncncc1Cl. The summed E-state index contributed by atoms with van der Waals surface area (Å²) in [4.78, 5) is 18.8. The maximum Gasteiger partial charge on any atom is 0.329 e. The Morgan fingerprint density at radius 3 is 3.07 bits per heavy atom. The number of carbonyl (C=O) groups excluding carboxylic acids is 1. The summed E-state index contributed by atoms with van der Waals surface area (Å²) in [7, 11) is 0. The van der Waals surface area contributed by atoms with Crippen LogP contribution in [0.5, 0.6) is 0 Å². The van der Waals surface area contributed by atoms with E-state index >= 15 is 0 Å². The van der Waals surface area contributed by atoms with Crippen LogP contribution in [0.3, 0.4) is 0 Å². The van der Waals surface area contributed by atoms with Gasteiger partial charge in [0.2, 0.25) is 0 Å². The van der Waals surface area contributed by atoms with E-state index in [1.165, 1.54) is 12.5 Å². The molecule has 1 atom stereocenters. The molecule has 0 spiro atoms. The molecule has 78 valence electrons. The van der Waals surface area contributed by atoms with Crippen LogP contribution >= 0.6 is 11.6 Å². The Balaban J connectivity index is 2.99. The second-order valence-electron chi connectivity index (χ2n) is 2.57. The number of hydrogen-bond donors (Lipinski definition) is 0. The molecular formula is C9H8ClN3O2. The normalized spacial score (nSPS) is 11.5. The van der Waals surface area contributed by atoms with Gasteiger partial charge in [0.1, 0.15) is 6.33 Å². The van der Waals surface area contributed by atoms with Gasteiger partial charge in [-0.3, -0.25) is 4.79 Å². The molecule has 0 aromatic carbocycles. The quantitative estimate of drug-likeness (QED) is 0.725. The number of ether oxygens (including phenoxy) is 1. The summed E-state index contributed by atoms with van der Waals surface area (Å²) in [6.45, 7) is 1.87. The average molecular weight is 226 g/mol. The fourth-order valence-corrected chi connectivity index (χ4v) is 1.20. The number of aromatic nitrogens is 2. The molecule has 15 heavy (non-hydrogen) atoms. The molecule has 1 rings (SSSR count). The van der Waals surface area contributed by atoms with E-state index in [4.69, 9.17) is 21.6 Å². The van der Waals surface area contributed by atoms with Crippen molar-refractivity contribution in [2.45, 2.75) is 12.8 Å². The first-order chi connectivity index (χ1) is 7.20. The molecule has 0 saturated carbocycles. The van der Waals surface area contributed by atoms with E-state index in [-0.39, 0.29) is 17.3 Å². The van der Waals surface area contributed by atoms with Gasteiger partial charge >= 0.3 is 5.97 Å². The molecule has 6 heteroatoms. The standard InChI is InChI=1S/C9H8ClN3O2/c1-2-15-9(14)6(3-11)8-7(10)4-12-5-13-8/h4-6H,2H2,1H3. The minimum Gasteiger partial charge on any atom is -0.465 e. The van der Waals surface area contributed by atoms with Crippen molar-refractivity contribution in [1.82, 2.24) is 9.97 Å². The van der Waals surface area contributed by atoms with Crippen LogP contribution in [0.15, 0.2) is 12.5 Å². The molecule has 0 fully saturated rings. The van der Waals surface area contributed by atoms with Gasteiger partial charge in [-0.05, 0) is 6.92 Å². The van der Waals surface area contributed by atoms with E-state index in [1.54, 1.807) is 13.0 Å². The number of nitriles is 1. The van der Waals surface area contributed by atoms with Crippen molar-refractivity contribution >= 4 is 17.6 Å². The minimum absolute atomic E-state index is 0.174. The van der Waals surface area contributed by atoms with Crippen LogP contribution in [0.4, 0.5) is 0 Å².